The number of hydrogen-bond donors (Lipinski definition) is 2. The van der Waals surface area contributed by atoms with Gasteiger partial charge in [-0.15, -0.1) is 0 Å². The number of amides is 2. The van der Waals surface area contributed by atoms with Crippen molar-refractivity contribution in [3.8, 4) is 5.75 Å². The molecule has 2 heterocycles. The number of fused-ring (bicyclic) bond motifs is 1. The van der Waals surface area contributed by atoms with E-state index in [4.69, 9.17) is 21.4 Å². The second kappa shape index (κ2) is 6.58. The van der Waals surface area contributed by atoms with E-state index in [0.29, 0.717) is 49.2 Å². The largest absolute Gasteiger partial charge is 0.466 e. The fraction of sp³-hybridized carbons (Fsp3) is 0.500. The van der Waals surface area contributed by atoms with E-state index in [0.717, 1.165) is 0 Å². The maximum absolute atomic E-state index is 12.9. The summed E-state index contributed by atoms with van der Waals surface area (Å²) in [6, 6.07) is 4.88. The van der Waals surface area contributed by atoms with Crippen LogP contribution in [-0.2, 0) is 9.59 Å². The van der Waals surface area contributed by atoms with Crippen LogP contribution < -0.4 is 10.1 Å². The van der Waals surface area contributed by atoms with Gasteiger partial charge in [0.1, 0.15) is 5.75 Å². The number of aliphatic hydroxyl groups excluding tert-OH is 1. The molecular formula is C16H20ClN3O4. The number of nitrogens with zero attached hydrogens (tertiary/aromatic N) is 2. The third kappa shape index (κ3) is 3.07. The fourth-order valence-electron chi connectivity index (χ4n) is 2.96. The molecule has 0 aliphatic carbocycles. The molecule has 1 aromatic carbocycles. The summed E-state index contributed by atoms with van der Waals surface area (Å²) >= 11 is 5.91. The van der Waals surface area contributed by atoms with E-state index in [1.54, 1.807) is 23.1 Å². The van der Waals surface area contributed by atoms with Gasteiger partial charge in [0.2, 0.25) is 0 Å². The van der Waals surface area contributed by atoms with Gasteiger partial charge in [0, 0.05) is 37.7 Å². The minimum Gasteiger partial charge on any atom is -0.466 e. The van der Waals surface area contributed by atoms with Crippen LogP contribution in [0.1, 0.15) is 6.92 Å². The summed E-state index contributed by atoms with van der Waals surface area (Å²) in [5, 5.41) is 12.2. The van der Waals surface area contributed by atoms with Crippen molar-refractivity contribution in [1.82, 2.24) is 9.80 Å². The molecule has 1 aromatic rings. The Bertz CT molecular complexity index is 661. The number of benzene rings is 1. The second-order valence-corrected chi connectivity index (χ2v) is 6.52. The number of halogens is 1. The Morgan fingerprint density at radius 2 is 2.08 bits per heavy atom. The molecule has 0 spiro atoms. The standard InChI is InChI=1S/C16H20ClN3O4/c1-16(15(23)20-6-4-19(5-7-20)8-9-21)14(22)18-12-10-11(17)2-3-13(12)24-16/h2-3,10,21H,4-9H2,1H3,(H,18,22). The quantitative estimate of drug-likeness (QED) is 0.776. The van der Waals surface area contributed by atoms with Crippen molar-refractivity contribution < 1.29 is 19.4 Å². The van der Waals surface area contributed by atoms with E-state index >= 15 is 0 Å². The van der Waals surface area contributed by atoms with Crippen LogP contribution in [0.2, 0.25) is 5.02 Å². The van der Waals surface area contributed by atoms with Gasteiger partial charge < -0.3 is 20.1 Å². The highest BCUT2D eigenvalue weighted by molar-refractivity contribution is 6.31. The maximum Gasteiger partial charge on any atom is 0.278 e. The van der Waals surface area contributed by atoms with Crippen LogP contribution in [0, 0.1) is 0 Å². The highest BCUT2D eigenvalue weighted by atomic mass is 35.5. The Morgan fingerprint density at radius 3 is 2.75 bits per heavy atom. The van der Waals surface area contributed by atoms with Crippen molar-refractivity contribution in [2.24, 2.45) is 0 Å². The van der Waals surface area contributed by atoms with Gasteiger partial charge >= 0.3 is 0 Å². The van der Waals surface area contributed by atoms with E-state index in [1.807, 2.05) is 0 Å². The van der Waals surface area contributed by atoms with Crippen molar-refractivity contribution in [3.63, 3.8) is 0 Å². The minimum absolute atomic E-state index is 0.0938. The van der Waals surface area contributed by atoms with E-state index in [1.165, 1.54) is 6.92 Å². The van der Waals surface area contributed by atoms with Crippen molar-refractivity contribution in [2.75, 3.05) is 44.6 Å². The lowest BCUT2D eigenvalue weighted by Gasteiger charge is -2.40. The number of aliphatic hydroxyl groups is 1. The topological polar surface area (TPSA) is 82.1 Å². The first-order valence-corrected chi connectivity index (χ1v) is 8.24. The molecule has 0 saturated carbocycles. The number of carbonyl (C=O) groups excluding carboxylic acids is 2. The van der Waals surface area contributed by atoms with Crippen LogP contribution >= 0.6 is 11.6 Å². The number of ether oxygens (including phenoxy) is 1. The lowest BCUT2D eigenvalue weighted by atomic mass is 10.00. The van der Waals surface area contributed by atoms with Crippen molar-refractivity contribution in [1.29, 1.82) is 0 Å². The van der Waals surface area contributed by atoms with Crippen LogP contribution in [0.5, 0.6) is 5.75 Å². The number of piperazine rings is 1. The van der Waals surface area contributed by atoms with E-state index < -0.39 is 11.5 Å². The first kappa shape index (κ1) is 17.0. The summed E-state index contributed by atoms with van der Waals surface area (Å²) in [5.74, 6) is -0.432. The van der Waals surface area contributed by atoms with Crippen molar-refractivity contribution in [2.45, 2.75) is 12.5 Å². The maximum atomic E-state index is 12.9. The first-order valence-electron chi connectivity index (χ1n) is 7.86. The lowest BCUT2D eigenvalue weighted by Crippen LogP contribution is -2.62. The normalized spacial score (nSPS) is 24.1. The third-order valence-corrected chi connectivity index (χ3v) is 4.66. The van der Waals surface area contributed by atoms with Gasteiger partial charge in [-0.1, -0.05) is 11.6 Å². The van der Waals surface area contributed by atoms with Gasteiger partial charge in [0.05, 0.1) is 12.3 Å². The highest BCUT2D eigenvalue weighted by Crippen LogP contribution is 2.36. The number of hydrogen-bond acceptors (Lipinski definition) is 5. The molecule has 2 aliphatic rings. The molecule has 0 radical (unpaired) electrons. The Kier molecular flexibility index (Phi) is 4.67. The third-order valence-electron chi connectivity index (χ3n) is 4.42. The van der Waals surface area contributed by atoms with Crippen LogP contribution in [0.15, 0.2) is 18.2 Å². The van der Waals surface area contributed by atoms with E-state index in [2.05, 4.69) is 10.2 Å². The minimum atomic E-state index is -1.60. The monoisotopic (exact) mass is 353 g/mol. The summed E-state index contributed by atoms with van der Waals surface area (Å²) in [7, 11) is 0. The van der Waals surface area contributed by atoms with Gasteiger partial charge in [0.25, 0.3) is 17.4 Å². The van der Waals surface area contributed by atoms with E-state index in [9.17, 15) is 9.59 Å². The first-order chi connectivity index (χ1) is 11.4. The molecule has 3 rings (SSSR count). The molecule has 1 unspecified atom stereocenters. The summed E-state index contributed by atoms with van der Waals surface area (Å²) in [4.78, 5) is 29.1. The average molecular weight is 354 g/mol. The molecular weight excluding hydrogens is 334 g/mol. The zero-order chi connectivity index (χ0) is 17.3. The zero-order valence-corrected chi connectivity index (χ0v) is 14.2. The molecule has 0 aromatic heterocycles. The number of carbonyl (C=O) groups is 2. The number of rotatable bonds is 3. The highest BCUT2D eigenvalue weighted by Gasteiger charge is 2.49. The smallest absolute Gasteiger partial charge is 0.278 e. The molecule has 24 heavy (non-hydrogen) atoms. The number of nitrogens with one attached hydrogen (secondary N) is 1. The lowest BCUT2D eigenvalue weighted by molar-refractivity contribution is -0.155. The van der Waals surface area contributed by atoms with Gasteiger partial charge in [-0.2, -0.15) is 0 Å². The molecule has 1 saturated heterocycles. The average Bonchev–Trinajstić information content (AvgIpc) is 2.57. The summed E-state index contributed by atoms with van der Waals surface area (Å²) in [6.07, 6.45) is 0. The van der Waals surface area contributed by atoms with Crippen LogP contribution in [0.4, 0.5) is 5.69 Å². The molecule has 8 heteroatoms. The molecule has 1 atom stereocenters. The van der Waals surface area contributed by atoms with Crippen LogP contribution in [0.3, 0.4) is 0 Å². The van der Waals surface area contributed by atoms with Gasteiger partial charge in [0.15, 0.2) is 0 Å². The second-order valence-electron chi connectivity index (χ2n) is 6.09. The Balaban J connectivity index is 1.75. The number of anilines is 1. The Morgan fingerprint density at radius 1 is 1.38 bits per heavy atom. The summed E-state index contributed by atoms with van der Waals surface area (Å²) in [6.45, 7) is 4.49. The van der Waals surface area contributed by atoms with Crippen LogP contribution in [0.25, 0.3) is 0 Å². The SMILES string of the molecule is CC1(C(=O)N2CCN(CCO)CC2)Oc2ccc(Cl)cc2NC1=O. The predicted molar refractivity (Wildman–Crippen MR) is 89.2 cm³/mol. The summed E-state index contributed by atoms with van der Waals surface area (Å²) in [5.41, 5.74) is -1.13. The van der Waals surface area contributed by atoms with Gasteiger partial charge in [-0.25, -0.2) is 0 Å². The zero-order valence-electron chi connectivity index (χ0n) is 13.4. The Labute approximate surface area is 145 Å². The van der Waals surface area contributed by atoms with E-state index in [-0.39, 0.29) is 12.5 Å². The Hall–Kier alpha value is -1.83. The predicted octanol–water partition coefficient (Wildman–Crippen LogP) is 0.566. The number of β-amino-alcohol motifs (C(OH)–C–C–N with tert-alkyl or cyclic N) is 1. The molecule has 0 bridgehead atoms. The summed E-state index contributed by atoms with van der Waals surface area (Å²) < 4.78 is 5.76. The molecule has 2 aliphatic heterocycles. The van der Waals surface area contributed by atoms with Crippen LogP contribution in [-0.4, -0.2) is 71.7 Å². The molecule has 2 N–H and O–H groups in total. The van der Waals surface area contributed by atoms with Gasteiger partial charge in [-0.05, 0) is 25.1 Å². The van der Waals surface area contributed by atoms with Crippen molar-refractivity contribution >= 4 is 29.1 Å². The molecule has 130 valence electrons. The van der Waals surface area contributed by atoms with Crippen molar-refractivity contribution in [3.05, 3.63) is 23.2 Å². The molecule has 7 nitrogen and oxygen atoms in total. The molecule has 2 amide bonds. The molecule has 1 fully saturated rings. The fourth-order valence-corrected chi connectivity index (χ4v) is 3.13. The van der Waals surface area contributed by atoms with Gasteiger partial charge in [-0.3, -0.25) is 14.5 Å².